The largest absolute Gasteiger partial charge is 0.356 e. The molecule has 0 spiro atoms. The molecule has 96 valence electrons. The molecule has 2 rings (SSSR count). The lowest BCUT2D eigenvalue weighted by molar-refractivity contribution is 0.418. The SMILES string of the molecule is CC(C)CCNCc1cc(-c2ccccc2)on1. The minimum absolute atomic E-state index is 0.731. The molecule has 0 aliphatic carbocycles. The molecular formula is C15H20N2O. The summed E-state index contributed by atoms with van der Waals surface area (Å²) in [5, 5.41) is 7.45. The maximum absolute atomic E-state index is 5.34. The Labute approximate surface area is 108 Å². The second-order valence-electron chi connectivity index (χ2n) is 4.91. The third-order valence-corrected chi connectivity index (χ3v) is 2.82. The van der Waals surface area contributed by atoms with E-state index in [1.165, 1.54) is 6.42 Å². The Kier molecular flexibility index (Phi) is 4.53. The van der Waals surface area contributed by atoms with Gasteiger partial charge in [0.05, 0.1) is 5.69 Å². The van der Waals surface area contributed by atoms with Gasteiger partial charge in [-0.2, -0.15) is 0 Å². The highest BCUT2D eigenvalue weighted by Crippen LogP contribution is 2.19. The molecule has 1 N–H and O–H groups in total. The standard InChI is InChI=1S/C15H20N2O/c1-12(2)8-9-16-11-14-10-15(18-17-14)13-6-4-3-5-7-13/h3-7,10,12,16H,8-9,11H2,1-2H3. The van der Waals surface area contributed by atoms with Gasteiger partial charge in [-0.15, -0.1) is 0 Å². The van der Waals surface area contributed by atoms with Gasteiger partial charge in [0, 0.05) is 18.2 Å². The normalized spacial score (nSPS) is 11.1. The van der Waals surface area contributed by atoms with E-state index in [4.69, 9.17) is 4.52 Å². The van der Waals surface area contributed by atoms with Gasteiger partial charge < -0.3 is 9.84 Å². The maximum Gasteiger partial charge on any atom is 0.167 e. The summed E-state index contributed by atoms with van der Waals surface area (Å²) in [5.41, 5.74) is 2.02. The molecule has 3 heteroatoms. The lowest BCUT2D eigenvalue weighted by atomic mass is 10.1. The Bertz CT molecular complexity index is 462. The van der Waals surface area contributed by atoms with Crippen LogP contribution < -0.4 is 5.32 Å². The van der Waals surface area contributed by atoms with Gasteiger partial charge in [0.1, 0.15) is 0 Å². The minimum Gasteiger partial charge on any atom is -0.356 e. The molecule has 0 fully saturated rings. The van der Waals surface area contributed by atoms with E-state index in [0.717, 1.165) is 36.0 Å². The van der Waals surface area contributed by atoms with E-state index in [0.29, 0.717) is 0 Å². The summed E-state index contributed by atoms with van der Waals surface area (Å²) in [4.78, 5) is 0. The monoisotopic (exact) mass is 244 g/mol. The molecule has 0 bridgehead atoms. The van der Waals surface area contributed by atoms with E-state index < -0.39 is 0 Å². The molecule has 0 amide bonds. The fraction of sp³-hybridized carbons (Fsp3) is 0.400. The van der Waals surface area contributed by atoms with Crippen molar-refractivity contribution < 1.29 is 4.52 Å². The summed E-state index contributed by atoms with van der Waals surface area (Å²) < 4.78 is 5.34. The Balaban J connectivity index is 1.87. The number of hydrogen-bond acceptors (Lipinski definition) is 3. The second-order valence-corrected chi connectivity index (χ2v) is 4.91. The van der Waals surface area contributed by atoms with Crippen LogP contribution in [0.5, 0.6) is 0 Å². The van der Waals surface area contributed by atoms with Crippen LogP contribution in [0.1, 0.15) is 26.0 Å². The molecule has 0 radical (unpaired) electrons. The van der Waals surface area contributed by atoms with Crippen molar-refractivity contribution in [3.8, 4) is 11.3 Å². The third kappa shape index (κ3) is 3.70. The van der Waals surface area contributed by atoms with Gasteiger partial charge in [0.15, 0.2) is 5.76 Å². The van der Waals surface area contributed by atoms with Gasteiger partial charge in [0.2, 0.25) is 0 Å². The van der Waals surface area contributed by atoms with Crippen LogP contribution in [0.25, 0.3) is 11.3 Å². The molecule has 3 nitrogen and oxygen atoms in total. The van der Waals surface area contributed by atoms with E-state index in [9.17, 15) is 0 Å². The van der Waals surface area contributed by atoms with Gasteiger partial charge in [-0.1, -0.05) is 49.3 Å². The predicted molar refractivity (Wildman–Crippen MR) is 73.1 cm³/mol. The molecule has 1 aromatic carbocycles. The van der Waals surface area contributed by atoms with Crippen molar-refractivity contribution in [2.45, 2.75) is 26.8 Å². The molecule has 0 aliphatic heterocycles. The van der Waals surface area contributed by atoms with Crippen molar-refractivity contribution in [2.75, 3.05) is 6.54 Å². The van der Waals surface area contributed by atoms with Crippen LogP contribution in [0.4, 0.5) is 0 Å². The zero-order valence-electron chi connectivity index (χ0n) is 11.0. The summed E-state index contributed by atoms with van der Waals surface area (Å²) >= 11 is 0. The van der Waals surface area contributed by atoms with E-state index in [-0.39, 0.29) is 0 Å². The van der Waals surface area contributed by atoms with Crippen molar-refractivity contribution in [2.24, 2.45) is 5.92 Å². The molecule has 2 aromatic rings. The molecule has 0 unspecified atom stereocenters. The van der Waals surface area contributed by atoms with Gasteiger partial charge >= 0.3 is 0 Å². The minimum atomic E-state index is 0.731. The highest BCUT2D eigenvalue weighted by molar-refractivity contribution is 5.56. The van der Waals surface area contributed by atoms with Crippen molar-refractivity contribution in [1.82, 2.24) is 10.5 Å². The number of hydrogen-bond donors (Lipinski definition) is 1. The quantitative estimate of drug-likeness (QED) is 0.791. The lowest BCUT2D eigenvalue weighted by Crippen LogP contribution is -2.16. The predicted octanol–water partition coefficient (Wildman–Crippen LogP) is 3.48. The van der Waals surface area contributed by atoms with Crippen molar-refractivity contribution in [3.63, 3.8) is 0 Å². The van der Waals surface area contributed by atoms with Crippen molar-refractivity contribution >= 4 is 0 Å². The summed E-state index contributed by atoms with van der Waals surface area (Å²) in [6, 6.07) is 12.0. The molecule has 18 heavy (non-hydrogen) atoms. The summed E-state index contributed by atoms with van der Waals surface area (Å²) in [7, 11) is 0. The smallest absolute Gasteiger partial charge is 0.167 e. The van der Waals surface area contributed by atoms with Gasteiger partial charge in [-0.25, -0.2) is 0 Å². The Hall–Kier alpha value is -1.61. The first kappa shape index (κ1) is 12.8. The highest BCUT2D eigenvalue weighted by atomic mass is 16.5. The zero-order chi connectivity index (χ0) is 12.8. The number of rotatable bonds is 6. The molecule has 0 saturated carbocycles. The number of benzene rings is 1. The first-order valence-corrected chi connectivity index (χ1v) is 6.47. The molecule has 0 saturated heterocycles. The summed E-state index contributed by atoms with van der Waals surface area (Å²) in [6.45, 7) is 6.24. The number of nitrogens with one attached hydrogen (secondary N) is 1. The second kappa shape index (κ2) is 6.36. The molecule has 0 atom stereocenters. The first-order valence-electron chi connectivity index (χ1n) is 6.47. The molecule has 1 heterocycles. The zero-order valence-corrected chi connectivity index (χ0v) is 11.0. The highest BCUT2D eigenvalue weighted by Gasteiger charge is 2.05. The lowest BCUT2D eigenvalue weighted by Gasteiger charge is -2.04. The van der Waals surface area contributed by atoms with Gasteiger partial charge in [0.25, 0.3) is 0 Å². The maximum atomic E-state index is 5.34. The van der Waals surface area contributed by atoms with Crippen LogP contribution in [0.3, 0.4) is 0 Å². The first-order chi connectivity index (χ1) is 8.75. The Morgan fingerprint density at radius 2 is 2.00 bits per heavy atom. The van der Waals surface area contributed by atoms with Crippen molar-refractivity contribution in [3.05, 3.63) is 42.1 Å². The van der Waals surface area contributed by atoms with Gasteiger partial charge in [-0.05, 0) is 18.9 Å². The number of aromatic nitrogens is 1. The van der Waals surface area contributed by atoms with Crippen LogP contribution in [0.2, 0.25) is 0 Å². The summed E-state index contributed by atoms with van der Waals surface area (Å²) in [6.07, 6.45) is 1.18. The van der Waals surface area contributed by atoms with E-state index in [1.807, 2.05) is 36.4 Å². The Morgan fingerprint density at radius 3 is 2.72 bits per heavy atom. The van der Waals surface area contributed by atoms with Crippen molar-refractivity contribution in [1.29, 1.82) is 0 Å². The Morgan fingerprint density at radius 1 is 1.22 bits per heavy atom. The van der Waals surface area contributed by atoms with Crippen LogP contribution in [-0.2, 0) is 6.54 Å². The van der Waals surface area contributed by atoms with E-state index >= 15 is 0 Å². The molecule has 0 aliphatic rings. The van der Waals surface area contributed by atoms with Crippen LogP contribution in [-0.4, -0.2) is 11.7 Å². The van der Waals surface area contributed by atoms with Gasteiger partial charge in [-0.3, -0.25) is 0 Å². The third-order valence-electron chi connectivity index (χ3n) is 2.82. The molecular weight excluding hydrogens is 224 g/mol. The van der Waals surface area contributed by atoms with E-state index in [2.05, 4.69) is 24.3 Å². The number of nitrogens with zero attached hydrogens (tertiary/aromatic N) is 1. The van der Waals surface area contributed by atoms with Crippen LogP contribution in [0.15, 0.2) is 40.9 Å². The van der Waals surface area contributed by atoms with Crippen LogP contribution in [0, 0.1) is 5.92 Å². The van der Waals surface area contributed by atoms with Crippen LogP contribution >= 0.6 is 0 Å². The van der Waals surface area contributed by atoms with E-state index in [1.54, 1.807) is 0 Å². The topological polar surface area (TPSA) is 38.1 Å². The average molecular weight is 244 g/mol. The fourth-order valence-electron chi connectivity index (χ4n) is 1.74. The average Bonchev–Trinajstić information content (AvgIpc) is 2.84. The molecule has 1 aromatic heterocycles. The fourth-order valence-corrected chi connectivity index (χ4v) is 1.74. The summed E-state index contributed by atoms with van der Waals surface area (Å²) in [5.74, 6) is 1.56.